The van der Waals surface area contributed by atoms with Crippen LogP contribution in [0.15, 0.2) is 43.0 Å². The molecule has 0 aliphatic carbocycles. The SMILES string of the molecule is C=CCNC(=O)ONC1=CCOc2ccccc21. The van der Waals surface area contributed by atoms with Gasteiger partial charge in [-0.05, 0) is 18.2 Å². The van der Waals surface area contributed by atoms with Gasteiger partial charge in [0.1, 0.15) is 12.4 Å². The number of para-hydroxylation sites is 1. The number of hydroxylamine groups is 1. The van der Waals surface area contributed by atoms with Crippen molar-refractivity contribution in [1.29, 1.82) is 0 Å². The first-order valence-corrected chi connectivity index (χ1v) is 5.55. The Kier molecular flexibility index (Phi) is 3.86. The number of carbonyl (C=O) groups is 1. The van der Waals surface area contributed by atoms with Crippen LogP contribution in [0.1, 0.15) is 5.56 Å². The predicted molar refractivity (Wildman–Crippen MR) is 67.7 cm³/mol. The van der Waals surface area contributed by atoms with Gasteiger partial charge in [-0.15, -0.1) is 6.58 Å². The Morgan fingerprint density at radius 3 is 3.17 bits per heavy atom. The summed E-state index contributed by atoms with van der Waals surface area (Å²) in [5.74, 6) is 0.762. The minimum absolute atomic E-state index is 0.360. The smallest absolute Gasteiger partial charge is 0.431 e. The van der Waals surface area contributed by atoms with Crippen molar-refractivity contribution in [3.8, 4) is 5.75 Å². The highest BCUT2D eigenvalue weighted by Crippen LogP contribution is 2.27. The van der Waals surface area contributed by atoms with Crippen molar-refractivity contribution >= 4 is 11.8 Å². The maximum Gasteiger partial charge on any atom is 0.431 e. The molecule has 0 radical (unpaired) electrons. The largest absolute Gasteiger partial charge is 0.489 e. The molecule has 1 aromatic carbocycles. The number of hydrogen-bond acceptors (Lipinski definition) is 4. The minimum atomic E-state index is -0.556. The van der Waals surface area contributed by atoms with Crippen molar-refractivity contribution in [3.63, 3.8) is 0 Å². The molecule has 2 rings (SSSR count). The van der Waals surface area contributed by atoms with Gasteiger partial charge in [0.05, 0.1) is 5.70 Å². The van der Waals surface area contributed by atoms with Gasteiger partial charge in [-0.1, -0.05) is 18.2 Å². The molecule has 0 atom stereocenters. The number of benzene rings is 1. The van der Waals surface area contributed by atoms with Crippen LogP contribution in [0, 0.1) is 0 Å². The average Bonchev–Trinajstić information content (AvgIpc) is 2.42. The Labute approximate surface area is 105 Å². The lowest BCUT2D eigenvalue weighted by Gasteiger charge is -2.18. The van der Waals surface area contributed by atoms with E-state index in [4.69, 9.17) is 9.57 Å². The van der Waals surface area contributed by atoms with Gasteiger partial charge in [0.25, 0.3) is 0 Å². The maximum absolute atomic E-state index is 11.3. The van der Waals surface area contributed by atoms with E-state index >= 15 is 0 Å². The lowest BCUT2D eigenvalue weighted by atomic mass is 10.1. The van der Waals surface area contributed by atoms with Gasteiger partial charge in [0.2, 0.25) is 0 Å². The first-order valence-electron chi connectivity index (χ1n) is 5.55. The molecule has 1 aliphatic rings. The molecular weight excluding hydrogens is 232 g/mol. The first kappa shape index (κ1) is 12.0. The normalized spacial score (nSPS) is 12.6. The third kappa shape index (κ3) is 2.82. The zero-order chi connectivity index (χ0) is 12.8. The maximum atomic E-state index is 11.3. The fraction of sp³-hybridized carbons (Fsp3) is 0.154. The zero-order valence-corrected chi connectivity index (χ0v) is 9.81. The molecule has 0 bridgehead atoms. The minimum Gasteiger partial charge on any atom is -0.489 e. The monoisotopic (exact) mass is 246 g/mol. The summed E-state index contributed by atoms with van der Waals surface area (Å²) in [7, 11) is 0. The summed E-state index contributed by atoms with van der Waals surface area (Å²) in [5.41, 5.74) is 4.20. The third-order valence-corrected chi connectivity index (χ3v) is 2.35. The number of carbonyl (C=O) groups excluding carboxylic acids is 1. The van der Waals surface area contributed by atoms with E-state index in [0.29, 0.717) is 18.8 Å². The van der Waals surface area contributed by atoms with Gasteiger partial charge in [-0.25, -0.2) is 10.3 Å². The van der Waals surface area contributed by atoms with Gasteiger partial charge in [-0.3, -0.25) is 0 Å². The van der Waals surface area contributed by atoms with Gasteiger partial charge < -0.3 is 14.9 Å². The van der Waals surface area contributed by atoms with Crippen LogP contribution in [-0.4, -0.2) is 19.2 Å². The van der Waals surface area contributed by atoms with E-state index in [1.807, 2.05) is 30.3 Å². The van der Waals surface area contributed by atoms with Crippen molar-refractivity contribution in [1.82, 2.24) is 10.8 Å². The zero-order valence-electron chi connectivity index (χ0n) is 9.81. The molecule has 1 amide bonds. The molecule has 18 heavy (non-hydrogen) atoms. The third-order valence-electron chi connectivity index (χ3n) is 2.35. The number of ether oxygens (including phenoxy) is 1. The fourth-order valence-corrected chi connectivity index (χ4v) is 1.53. The average molecular weight is 246 g/mol. The lowest BCUT2D eigenvalue weighted by molar-refractivity contribution is 0.116. The molecule has 2 N–H and O–H groups in total. The van der Waals surface area contributed by atoms with Crippen LogP contribution >= 0.6 is 0 Å². The summed E-state index contributed by atoms with van der Waals surface area (Å²) >= 11 is 0. The second-order valence-corrected chi connectivity index (χ2v) is 3.59. The molecule has 0 aromatic heterocycles. The Morgan fingerprint density at radius 1 is 1.50 bits per heavy atom. The summed E-state index contributed by atoms with van der Waals surface area (Å²) in [4.78, 5) is 16.1. The van der Waals surface area contributed by atoms with Crippen molar-refractivity contribution in [2.24, 2.45) is 0 Å². The van der Waals surface area contributed by atoms with Crippen LogP contribution < -0.4 is 15.5 Å². The Hall–Kier alpha value is -2.43. The highest BCUT2D eigenvalue weighted by Gasteiger charge is 2.14. The number of rotatable bonds is 4. The van der Waals surface area contributed by atoms with Crippen molar-refractivity contribution < 1.29 is 14.4 Å². The molecule has 0 spiro atoms. The summed E-state index contributed by atoms with van der Waals surface area (Å²) in [6, 6.07) is 7.53. The van der Waals surface area contributed by atoms with E-state index in [0.717, 1.165) is 11.3 Å². The summed E-state index contributed by atoms with van der Waals surface area (Å²) in [6.45, 7) is 4.30. The Morgan fingerprint density at radius 2 is 2.33 bits per heavy atom. The van der Waals surface area contributed by atoms with E-state index in [2.05, 4.69) is 17.4 Å². The van der Waals surface area contributed by atoms with E-state index in [1.54, 1.807) is 6.08 Å². The van der Waals surface area contributed by atoms with Crippen molar-refractivity contribution in [3.05, 3.63) is 48.6 Å². The van der Waals surface area contributed by atoms with E-state index < -0.39 is 6.09 Å². The van der Waals surface area contributed by atoms with Crippen molar-refractivity contribution in [2.75, 3.05) is 13.2 Å². The highest BCUT2D eigenvalue weighted by atomic mass is 16.7. The second kappa shape index (κ2) is 5.77. The molecule has 0 fully saturated rings. The number of amides is 1. The van der Waals surface area contributed by atoms with E-state index in [9.17, 15) is 4.79 Å². The highest BCUT2D eigenvalue weighted by molar-refractivity contribution is 5.72. The molecule has 0 saturated carbocycles. The molecule has 5 heteroatoms. The van der Waals surface area contributed by atoms with Crippen LogP contribution in [0.4, 0.5) is 4.79 Å². The molecule has 94 valence electrons. The van der Waals surface area contributed by atoms with Gasteiger partial charge in [0, 0.05) is 12.1 Å². The van der Waals surface area contributed by atoms with Crippen molar-refractivity contribution in [2.45, 2.75) is 0 Å². The molecule has 0 saturated heterocycles. The fourth-order valence-electron chi connectivity index (χ4n) is 1.53. The van der Waals surface area contributed by atoms with Gasteiger partial charge in [0.15, 0.2) is 0 Å². The van der Waals surface area contributed by atoms with E-state index in [-0.39, 0.29) is 0 Å². The number of fused-ring (bicyclic) bond motifs is 1. The van der Waals surface area contributed by atoms with Crippen LogP contribution in [-0.2, 0) is 4.84 Å². The second-order valence-electron chi connectivity index (χ2n) is 3.59. The molecule has 0 unspecified atom stereocenters. The van der Waals surface area contributed by atoms with E-state index in [1.165, 1.54) is 0 Å². The quantitative estimate of drug-likeness (QED) is 0.628. The van der Waals surface area contributed by atoms with Crippen LogP contribution in [0.5, 0.6) is 5.75 Å². The molecular formula is C13H14N2O3. The van der Waals surface area contributed by atoms with Crippen LogP contribution in [0.3, 0.4) is 0 Å². The van der Waals surface area contributed by atoms with Gasteiger partial charge >= 0.3 is 6.09 Å². The Bertz CT molecular complexity index is 483. The lowest BCUT2D eigenvalue weighted by Crippen LogP contribution is -2.30. The number of nitrogens with one attached hydrogen (secondary N) is 2. The molecule has 1 heterocycles. The molecule has 1 aromatic rings. The summed E-state index contributed by atoms with van der Waals surface area (Å²) in [6.07, 6.45) is 2.83. The van der Waals surface area contributed by atoms with Crippen LogP contribution in [0.25, 0.3) is 5.70 Å². The predicted octanol–water partition coefficient (Wildman–Crippen LogP) is 1.84. The Balaban J connectivity index is 1.96. The summed E-state index contributed by atoms with van der Waals surface area (Å²) in [5, 5.41) is 2.50. The first-order chi connectivity index (χ1) is 8.81. The topological polar surface area (TPSA) is 59.6 Å². The van der Waals surface area contributed by atoms with Gasteiger partial charge in [-0.2, -0.15) is 0 Å². The standard InChI is InChI=1S/C13H14N2O3/c1-2-8-14-13(16)18-15-11-7-9-17-12-6-4-3-5-10(11)12/h2-7,15H,1,8-9H2,(H,14,16). The van der Waals surface area contributed by atoms with Crippen LogP contribution in [0.2, 0.25) is 0 Å². The molecule has 1 aliphatic heterocycles. The summed E-state index contributed by atoms with van der Waals surface area (Å²) < 4.78 is 5.44. The number of hydrogen-bond donors (Lipinski definition) is 2. The molecule has 5 nitrogen and oxygen atoms in total.